The summed E-state index contributed by atoms with van der Waals surface area (Å²) in [6, 6.07) is 4.75. The minimum Gasteiger partial charge on any atom is -0.411 e. The van der Waals surface area contributed by atoms with Crippen molar-refractivity contribution in [1.82, 2.24) is 4.90 Å². The number of nitrogens with zero attached hydrogens (tertiary/aromatic N) is 2. The zero-order chi connectivity index (χ0) is 17.5. The Hall–Kier alpha value is -1.40. The molecule has 0 fully saturated rings. The molecule has 24 heavy (non-hydrogen) atoms. The number of hydrogen-bond donors (Lipinski definition) is 2. The Morgan fingerprint density at radius 2 is 2.08 bits per heavy atom. The topological polar surface area (TPSA) is 64.9 Å². The van der Waals surface area contributed by atoms with E-state index in [-0.39, 0.29) is 0 Å². The Morgan fingerprint density at radius 3 is 2.71 bits per heavy atom. The van der Waals surface area contributed by atoms with Crippen molar-refractivity contribution >= 4 is 33.7 Å². The minimum atomic E-state index is -0.441. The lowest BCUT2D eigenvalue weighted by molar-refractivity contribution is -0.110. The van der Waals surface area contributed by atoms with Crippen LogP contribution in [0.1, 0.15) is 44.2 Å². The van der Waals surface area contributed by atoms with Crippen molar-refractivity contribution in [2.24, 2.45) is 5.16 Å². The minimum absolute atomic E-state index is 0.441. The SMILES string of the molecule is CCCN(CCC)C1CCc2cc(NC(=O)C=NO)c(Br)cc2C1. The lowest BCUT2D eigenvalue weighted by Crippen LogP contribution is -2.40. The Bertz CT molecular complexity index is 598. The van der Waals surface area contributed by atoms with Gasteiger partial charge in [-0.25, -0.2) is 0 Å². The van der Waals surface area contributed by atoms with Gasteiger partial charge in [0.1, 0.15) is 6.21 Å². The average molecular weight is 396 g/mol. The van der Waals surface area contributed by atoms with Crippen LogP contribution in [0.3, 0.4) is 0 Å². The smallest absolute Gasteiger partial charge is 0.270 e. The van der Waals surface area contributed by atoms with Crippen molar-refractivity contribution in [3.63, 3.8) is 0 Å². The van der Waals surface area contributed by atoms with E-state index < -0.39 is 5.91 Å². The molecule has 0 heterocycles. The number of carbonyl (C=O) groups excluding carboxylic acids is 1. The molecule has 1 unspecified atom stereocenters. The maximum atomic E-state index is 11.6. The quantitative estimate of drug-likeness (QED) is 0.418. The zero-order valence-electron chi connectivity index (χ0n) is 14.4. The summed E-state index contributed by atoms with van der Waals surface area (Å²) in [7, 11) is 0. The van der Waals surface area contributed by atoms with Crippen molar-refractivity contribution in [1.29, 1.82) is 0 Å². The molecule has 0 aliphatic heterocycles. The van der Waals surface area contributed by atoms with E-state index >= 15 is 0 Å². The van der Waals surface area contributed by atoms with Gasteiger partial charge < -0.3 is 15.4 Å². The molecule has 0 radical (unpaired) electrons. The number of nitrogens with one attached hydrogen (secondary N) is 1. The molecule has 5 nitrogen and oxygen atoms in total. The van der Waals surface area contributed by atoms with Gasteiger partial charge in [-0.05, 0) is 84.4 Å². The number of fused-ring (bicyclic) bond motifs is 1. The molecule has 1 aliphatic rings. The summed E-state index contributed by atoms with van der Waals surface area (Å²) in [5, 5.41) is 13.9. The second-order valence-corrected chi connectivity index (χ2v) is 7.12. The Labute approximate surface area is 152 Å². The molecule has 0 saturated carbocycles. The lowest BCUT2D eigenvalue weighted by Gasteiger charge is -2.35. The van der Waals surface area contributed by atoms with Crippen LogP contribution >= 0.6 is 15.9 Å². The molecule has 1 amide bonds. The van der Waals surface area contributed by atoms with Crippen molar-refractivity contribution in [3.05, 3.63) is 27.7 Å². The highest BCUT2D eigenvalue weighted by Crippen LogP contribution is 2.32. The second kappa shape index (κ2) is 9.18. The highest BCUT2D eigenvalue weighted by Gasteiger charge is 2.24. The van der Waals surface area contributed by atoms with E-state index in [4.69, 9.17) is 5.21 Å². The van der Waals surface area contributed by atoms with E-state index in [2.05, 4.69) is 51.2 Å². The van der Waals surface area contributed by atoms with Crippen LogP contribution in [0.5, 0.6) is 0 Å². The number of rotatable bonds is 7. The summed E-state index contributed by atoms with van der Waals surface area (Å²) in [4.78, 5) is 14.2. The largest absolute Gasteiger partial charge is 0.411 e. The predicted molar refractivity (Wildman–Crippen MR) is 101 cm³/mol. The number of aryl methyl sites for hydroxylation is 1. The molecular formula is C18H26BrN3O2. The summed E-state index contributed by atoms with van der Waals surface area (Å²) in [6.45, 7) is 6.79. The highest BCUT2D eigenvalue weighted by molar-refractivity contribution is 9.10. The van der Waals surface area contributed by atoms with Crippen LogP contribution in [0.2, 0.25) is 0 Å². The molecule has 0 aromatic heterocycles. The summed E-state index contributed by atoms with van der Waals surface area (Å²) in [6.07, 6.45) is 6.46. The van der Waals surface area contributed by atoms with E-state index in [9.17, 15) is 4.79 Å². The first-order valence-corrected chi connectivity index (χ1v) is 9.42. The maximum Gasteiger partial charge on any atom is 0.270 e. The Kier molecular flexibility index (Phi) is 7.24. The van der Waals surface area contributed by atoms with Gasteiger partial charge in [-0.1, -0.05) is 19.0 Å². The van der Waals surface area contributed by atoms with Crippen LogP contribution in [0.25, 0.3) is 0 Å². The van der Waals surface area contributed by atoms with Gasteiger partial charge in [0.15, 0.2) is 0 Å². The molecule has 2 N–H and O–H groups in total. The molecular weight excluding hydrogens is 370 g/mol. The molecule has 1 aliphatic carbocycles. The van der Waals surface area contributed by atoms with Crippen LogP contribution < -0.4 is 5.32 Å². The molecule has 132 valence electrons. The number of halogens is 1. The predicted octanol–water partition coefficient (Wildman–Crippen LogP) is 3.83. The Balaban J connectivity index is 2.15. The summed E-state index contributed by atoms with van der Waals surface area (Å²) < 4.78 is 0.860. The number of hydrogen-bond acceptors (Lipinski definition) is 4. The molecule has 0 bridgehead atoms. The van der Waals surface area contributed by atoms with Gasteiger partial charge in [0.2, 0.25) is 0 Å². The third kappa shape index (κ3) is 4.80. The van der Waals surface area contributed by atoms with Gasteiger partial charge in [-0.2, -0.15) is 0 Å². The number of anilines is 1. The van der Waals surface area contributed by atoms with Crippen LogP contribution in [0, 0.1) is 0 Å². The van der Waals surface area contributed by atoms with E-state index in [1.54, 1.807) is 0 Å². The van der Waals surface area contributed by atoms with Crippen molar-refractivity contribution < 1.29 is 10.0 Å². The van der Waals surface area contributed by atoms with Gasteiger partial charge in [-0.3, -0.25) is 4.79 Å². The normalized spacial score (nSPS) is 17.2. The molecule has 0 spiro atoms. The summed E-state index contributed by atoms with van der Waals surface area (Å²) in [5.41, 5.74) is 3.36. The molecule has 1 aromatic carbocycles. The van der Waals surface area contributed by atoms with Gasteiger partial charge >= 0.3 is 0 Å². The van der Waals surface area contributed by atoms with Gasteiger partial charge in [0.25, 0.3) is 5.91 Å². The first-order valence-electron chi connectivity index (χ1n) is 8.62. The van der Waals surface area contributed by atoms with Crippen LogP contribution in [-0.2, 0) is 17.6 Å². The molecule has 1 atom stereocenters. The van der Waals surface area contributed by atoms with Crippen molar-refractivity contribution in [2.45, 2.75) is 52.0 Å². The van der Waals surface area contributed by atoms with Crippen LogP contribution in [-0.4, -0.2) is 41.4 Å². The number of carbonyl (C=O) groups is 1. The monoisotopic (exact) mass is 395 g/mol. The van der Waals surface area contributed by atoms with Gasteiger partial charge in [-0.15, -0.1) is 0 Å². The first-order chi connectivity index (χ1) is 11.6. The van der Waals surface area contributed by atoms with E-state index in [0.717, 1.165) is 48.7 Å². The van der Waals surface area contributed by atoms with Crippen molar-refractivity contribution in [3.8, 4) is 0 Å². The first kappa shape index (κ1) is 18.9. The molecule has 2 rings (SSSR count). The molecule has 0 saturated heterocycles. The number of oxime groups is 1. The summed E-state index contributed by atoms with van der Waals surface area (Å²) >= 11 is 3.54. The van der Waals surface area contributed by atoms with Crippen LogP contribution in [0.4, 0.5) is 5.69 Å². The van der Waals surface area contributed by atoms with Crippen LogP contribution in [0.15, 0.2) is 21.8 Å². The average Bonchev–Trinajstić information content (AvgIpc) is 2.55. The summed E-state index contributed by atoms with van der Waals surface area (Å²) in [5.74, 6) is -0.441. The van der Waals surface area contributed by atoms with Gasteiger partial charge in [0.05, 0.1) is 5.69 Å². The fourth-order valence-electron chi connectivity index (χ4n) is 3.44. The third-order valence-corrected chi connectivity index (χ3v) is 5.12. The van der Waals surface area contributed by atoms with Gasteiger partial charge in [0, 0.05) is 10.5 Å². The molecule has 6 heteroatoms. The zero-order valence-corrected chi connectivity index (χ0v) is 16.0. The Morgan fingerprint density at radius 1 is 1.38 bits per heavy atom. The second-order valence-electron chi connectivity index (χ2n) is 6.27. The van der Waals surface area contributed by atoms with E-state index in [0.29, 0.717) is 6.04 Å². The van der Waals surface area contributed by atoms with E-state index in [1.807, 2.05) is 6.07 Å². The van der Waals surface area contributed by atoms with Crippen molar-refractivity contribution in [2.75, 3.05) is 18.4 Å². The van der Waals surface area contributed by atoms with E-state index in [1.165, 1.54) is 24.0 Å². The lowest BCUT2D eigenvalue weighted by atomic mass is 9.87. The fourth-order valence-corrected chi connectivity index (χ4v) is 3.93. The fraction of sp³-hybridized carbons (Fsp3) is 0.556. The third-order valence-electron chi connectivity index (χ3n) is 4.46. The number of amides is 1. The highest BCUT2D eigenvalue weighted by atomic mass is 79.9. The maximum absolute atomic E-state index is 11.6. The number of benzene rings is 1. The molecule has 1 aromatic rings. The standard InChI is InChI=1S/C18H26BrN3O2/c1-3-7-22(8-4-2)15-6-5-13-11-17(21-18(23)12-20-24)16(19)10-14(13)9-15/h10-12,15,24H,3-9H2,1-2H3,(H,21,23).